The van der Waals surface area contributed by atoms with Crippen molar-refractivity contribution in [2.45, 2.75) is 26.7 Å². The summed E-state index contributed by atoms with van der Waals surface area (Å²) < 4.78 is 11.1. The molecular formula is C17H29N3O2. The Morgan fingerprint density at radius 1 is 1.14 bits per heavy atom. The molecule has 0 saturated heterocycles. The second kappa shape index (κ2) is 10.9. The van der Waals surface area contributed by atoms with Crippen LogP contribution >= 0.6 is 0 Å². The second-order valence-corrected chi connectivity index (χ2v) is 5.16. The van der Waals surface area contributed by atoms with Crippen molar-refractivity contribution in [2.24, 2.45) is 4.99 Å². The molecule has 1 rings (SSSR count). The fraction of sp³-hybridized carbons (Fsp3) is 0.588. The Morgan fingerprint density at radius 2 is 1.82 bits per heavy atom. The van der Waals surface area contributed by atoms with Crippen LogP contribution in [0.2, 0.25) is 0 Å². The van der Waals surface area contributed by atoms with Gasteiger partial charge < -0.3 is 20.1 Å². The number of para-hydroxylation sites is 1. The molecule has 0 aliphatic rings. The van der Waals surface area contributed by atoms with Gasteiger partial charge in [-0.05, 0) is 24.5 Å². The number of guanidine groups is 1. The van der Waals surface area contributed by atoms with E-state index in [9.17, 15) is 0 Å². The van der Waals surface area contributed by atoms with E-state index in [2.05, 4.69) is 35.5 Å². The molecule has 1 aromatic rings. The van der Waals surface area contributed by atoms with Gasteiger partial charge in [-0.15, -0.1) is 0 Å². The lowest BCUT2D eigenvalue weighted by atomic mass is 10.0. The third-order valence-corrected chi connectivity index (χ3v) is 3.16. The van der Waals surface area contributed by atoms with Crippen molar-refractivity contribution in [3.8, 4) is 5.75 Å². The maximum Gasteiger partial charge on any atom is 0.191 e. The van der Waals surface area contributed by atoms with E-state index in [1.807, 2.05) is 25.1 Å². The van der Waals surface area contributed by atoms with Crippen LogP contribution in [0.4, 0.5) is 0 Å². The molecule has 22 heavy (non-hydrogen) atoms. The third-order valence-electron chi connectivity index (χ3n) is 3.16. The van der Waals surface area contributed by atoms with Gasteiger partial charge in [-0.3, -0.25) is 4.99 Å². The zero-order valence-corrected chi connectivity index (χ0v) is 14.2. The summed E-state index contributed by atoms with van der Waals surface area (Å²) in [6.45, 7) is 9.77. The van der Waals surface area contributed by atoms with Crippen LogP contribution in [0.15, 0.2) is 29.3 Å². The molecule has 124 valence electrons. The molecule has 0 aliphatic heterocycles. The smallest absolute Gasteiger partial charge is 0.191 e. The molecule has 0 unspecified atom stereocenters. The van der Waals surface area contributed by atoms with Crippen molar-refractivity contribution in [1.29, 1.82) is 0 Å². The SMILES string of the molecule is CCOCCNC(=NC)NCCOc1ccccc1C(C)C. The summed E-state index contributed by atoms with van der Waals surface area (Å²) >= 11 is 0. The first-order valence-corrected chi connectivity index (χ1v) is 7.93. The molecule has 2 N–H and O–H groups in total. The molecular weight excluding hydrogens is 278 g/mol. The van der Waals surface area contributed by atoms with Gasteiger partial charge in [0.25, 0.3) is 0 Å². The van der Waals surface area contributed by atoms with Crippen LogP contribution in [0, 0.1) is 0 Å². The Hall–Kier alpha value is -1.75. The lowest BCUT2D eigenvalue weighted by Gasteiger charge is -2.15. The Morgan fingerprint density at radius 3 is 2.45 bits per heavy atom. The highest BCUT2D eigenvalue weighted by molar-refractivity contribution is 5.79. The minimum Gasteiger partial charge on any atom is -0.491 e. The summed E-state index contributed by atoms with van der Waals surface area (Å²) in [7, 11) is 1.75. The standard InChI is InChI=1S/C17H29N3O2/c1-5-21-12-10-19-17(18-4)20-11-13-22-16-9-7-6-8-15(16)14(2)3/h6-9,14H,5,10-13H2,1-4H3,(H2,18,19,20). The van der Waals surface area contributed by atoms with E-state index in [-0.39, 0.29) is 0 Å². The van der Waals surface area contributed by atoms with E-state index in [1.54, 1.807) is 7.05 Å². The molecule has 0 radical (unpaired) electrons. The van der Waals surface area contributed by atoms with E-state index >= 15 is 0 Å². The van der Waals surface area contributed by atoms with E-state index in [4.69, 9.17) is 9.47 Å². The van der Waals surface area contributed by atoms with Crippen LogP contribution < -0.4 is 15.4 Å². The van der Waals surface area contributed by atoms with Crippen LogP contribution in [0.25, 0.3) is 0 Å². The van der Waals surface area contributed by atoms with Gasteiger partial charge in [-0.1, -0.05) is 32.0 Å². The van der Waals surface area contributed by atoms with Gasteiger partial charge in [-0.2, -0.15) is 0 Å². The largest absolute Gasteiger partial charge is 0.491 e. The van der Waals surface area contributed by atoms with Crippen molar-refractivity contribution in [3.63, 3.8) is 0 Å². The zero-order chi connectivity index (χ0) is 16.2. The number of nitrogens with one attached hydrogen (secondary N) is 2. The highest BCUT2D eigenvalue weighted by atomic mass is 16.5. The molecule has 0 saturated carbocycles. The van der Waals surface area contributed by atoms with Gasteiger partial charge >= 0.3 is 0 Å². The third kappa shape index (κ3) is 6.80. The van der Waals surface area contributed by atoms with Crippen LogP contribution in [-0.2, 0) is 4.74 Å². The number of hydrogen-bond donors (Lipinski definition) is 2. The minimum atomic E-state index is 0.456. The van der Waals surface area contributed by atoms with Gasteiger partial charge in [0.1, 0.15) is 12.4 Å². The van der Waals surface area contributed by atoms with Crippen LogP contribution in [-0.4, -0.2) is 45.9 Å². The van der Waals surface area contributed by atoms with Gasteiger partial charge in [0.15, 0.2) is 5.96 Å². The molecule has 0 bridgehead atoms. The number of hydrogen-bond acceptors (Lipinski definition) is 3. The second-order valence-electron chi connectivity index (χ2n) is 5.16. The van der Waals surface area contributed by atoms with Crippen molar-refractivity contribution < 1.29 is 9.47 Å². The summed E-state index contributed by atoms with van der Waals surface area (Å²) in [5.41, 5.74) is 1.24. The first-order chi connectivity index (χ1) is 10.7. The quantitative estimate of drug-likeness (QED) is 0.418. The van der Waals surface area contributed by atoms with Gasteiger partial charge in [-0.25, -0.2) is 0 Å². The Kier molecular flexibility index (Phi) is 9.07. The topological polar surface area (TPSA) is 54.9 Å². The summed E-state index contributed by atoms with van der Waals surface area (Å²) in [6, 6.07) is 8.18. The Bertz CT molecular complexity index is 447. The van der Waals surface area contributed by atoms with E-state index in [1.165, 1.54) is 5.56 Å². The maximum atomic E-state index is 5.87. The van der Waals surface area contributed by atoms with Crippen molar-refractivity contribution in [1.82, 2.24) is 10.6 Å². The lowest BCUT2D eigenvalue weighted by molar-refractivity contribution is 0.152. The maximum absolute atomic E-state index is 5.87. The lowest BCUT2D eigenvalue weighted by Crippen LogP contribution is -2.40. The molecule has 0 aliphatic carbocycles. The van der Waals surface area contributed by atoms with E-state index < -0.39 is 0 Å². The molecule has 5 nitrogen and oxygen atoms in total. The zero-order valence-electron chi connectivity index (χ0n) is 14.2. The molecule has 0 atom stereocenters. The minimum absolute atomic E-state index is 0.456. The average molecular weight is 307 g/mol. The number of benzene rings is 1. The summed E-state index contributed by atoms with van der Waals surface area (Å²) in [6.07, 6.45) is 0. The average Bonchev–Trinajstić information content (AvgIpc) is 2.53. The normalized spacial score (nSPS) is 11.6. The number of nitrogens with zero attached hydrogens (tertiary/aromatic N) is 1. The molecule has 1 aromatic carbocycles. The fourth-order valence-corrected chi connectivity index (χ4v) is 2.03. The van der Waals surface area contributed by atoms with E-state index in [0.717, 1.165) is 24.9 Å². The first kappa shape index (κ1) is 18.3. The van der Waals surface area contributed by atoms with Crippen molar-refractivity contribution in [2.75, 3.05) is 40.0 Å². The molecule has 0 heterocycles. The monoisotopic (exact) mass is 307 g/mol. The molecule has 0 spiro atoms. The highest BCUT2D eigenvalue weighted by Gasteiger charge is 2.06. The Labute approximate surface area is 134 Å². The van der Waals surface area contributed by atoms with Gasteiger partial charge in [0.2, 0.25) is 0 Å². The molecule has 0 fully saturated rings. The fourth-order valence-electron chi connectivity index (χ4n) is 2.03. The predicted octanol–water partition coefficient (Wildman–Crippen LogP) is 2.39. The number of ether oxygens (including phenoxy) is 2. The van der Waals surface area contributed by atoms with Crippen molar-refractivity contribution >= 4 is 5.96 Å². The first-order valence-electron chi connectivity index (χ1n) is 7.93. The Balaban J connectivity index is 2.29. The van der Waals surface area contributed by atoms with Crippen molar-refractivity contribution in [3.05, 3.63) is 29.8 Å². The molecule has 5 heteroatoms. The van der Waals surface area contributed by atoms with Gasteiger partial charge in [0, 0.05) is 20.2 Å². The van der Waals surface area contributed by atoms with Crippen LogP contribution in [0.5, 0.6) is 5.75 Å². The number of aliphatic imine (C=N–C) groups is 1. The molecule has 0 amide bonds. The summed E-state index contributed by atoms with van der Waals surface area (Å²) in [4.78, 5) is 4.16. The summed E-state index contributed by atoms with van der Waals surface area (Å²) in [5, 5.41) is 6.41. The summed E-state index contributed by atoms with van der Waals surface area (Å²) in [5.74, 6) is 2.18. The highest BCUT2D eigenvalue weighted by Crippen LogP contribution is 2.25. The van der Waals surface area contributed by atoms with Crippen LogP contribution in [0.3, 0.4) is 0 Å². The van der Waals surface area contributed by atoms with Crippen LogP contribution in [0.1, 0.15) is 32.3 Å². The number of rotatable bonds is 9. The predicted molar refractivity (Wildman–Crippen MR) is 91.9 cm³/mol. The van der Waals surface area contributed by atoms with E-state index in [0.29, 0.717) is 25.7 Å². The molecule has 0 aromatic heterocycles. The van der Waals surface area contributed by atoms with Gasteiger partial charge in [0.05, 0.1) is 13.2 Å².